The first-order valence-electron chi connectivity index (χ1n) is 8.23. The van der Waals surface area contributed by atoms with Crippen LogP contribution < -0.4 is 0 Å². The maximum absolute atomic E-state index is 12.3. The van der Waals surface area contributed by atoms with Crippen LogP contribution in [0, 0.1) is 0 Å². The summed E-state index contributed by atoms with van der Waals surface area (Å²) >= 11 is 7.21. The molecule has 0 bridgehead atoms. The molecule has 6 nitrogen and oxygen atoms in total. The molecule has 0 amide bonds. The molecule has 4 aromatic rings. The molecule has 1 atom stereocenters. The van der Waals surface area contributed by atoms with Gasteiger partial charge < -0.3 is 4.74 Å². The molecule has 0 saturated heterocycles. The number of carbonyl (C=O) groups excluding carboxylic acids is 1. The molecule has 0 radical (unpaired) electrons. The monoisotopic (exact) mass is 398 g/mol. The zero-order valence-corrected chi connectivity index (χ0v) is 15.9. The number of benzene rings is 2. The van der Waals surface area contributed by atoms with E-state index in [1.165, 1.54) is 18.9 Å². The van der Waals surface area contributed by atoms with Crippen molar-refractivity contribution in [3.63, 3.8) is 0 Å². The quantitative estimate of drug-likeness (QED) is 0.376. The Morgan fingerprint density at radius 2 is 2.00 bits per heavy atom. The Hall–Kier alpha value is -2.64. The fourth-order valence-corrected chi connectivity index (χ4v) is 3.90. The summed E-state index contributed by atoms with van der Waals surface area (Å²) in [7, 11) is 1.38. The van der Waals surface area contributed by atoms with Crippen LogP contribution in [0.1, 0.15) is 5.56 Å². The van der Waals surface area contributed by atoms with Gasteiger partial charge in [-0.1, -0.05) is 47.6 Å². The fraction of sp³-hybridized carbons (Fsp3) is 0.158. The van der Waals surface area contributed by atoms with Crippen LogP contribution in [0.25, 0.3) is 16.6 Å². The van der Waals surface area contributed by atoms with Gasteiger partial charge in [-0.3, -0.25) is 4.79 Å². The summed E-state index contributed by atoms with van der Waals surface area (Å²) in [6, 6.07) is 15.1. The molecular formula is C19H15ClN4O2S. The van der Waals surface area contributed by atoms with Crippen LogP contribution in [-0.4, -0.2) is 37.9 Å². The van der Waals surface area contributed by atoms with E-state index in [9.17, 15) is 4.79 Å². The van der Waals surface area contributed by atoms with E-state index in [-0.39, 0.29) is 5.97 Å². The predicted molar refractivity (Wildman–Crippen MR) is 105 cm³/mol. The summed E-state index contributed by atoms with van der Waals surface area (Å²) in [6.07, 6.45) is 2.12. The molecule has 0 saturated carbocycles. The molecule has 0 aliphatic heterocycles. The van der Waals surface area contributed by atoms with Crippen molar-refractivity contribution in [1.82, 2.24) is 19.6 Å². The highest BCUT2D eigenvalue weighted by Gasteiger charge is 2.24. The topological polar surface area (TPSA) is 69.4 Å². The van der Waals surface area contributed by atoms with Crippen LogP contribution in [0.3, 0.4) is 0 Å². The minimum absolute atomic E-state index is 0.322. The molecule has 2 aromatic heterocycles. The Bertz CT molecular complexity index is 1110. The number of thioether (sulfide) groups is 1. The Morgan fingerprint density at radius 1 is 1.22 bits per heavy atom. The van der Waals surface area contributed by atoms with Crippen LogP contribution in [0.4, 0.5) is 0 Å². The molecular weight excluding hydrogens is 384 g/mol. The second kappa shape index (κ2) is 7.54. The molecule has 0 spiro atoms. The van der Waals surface area contributed by atoms with Crippen molar-refractivity contribution in [3.8, 4) is 0 Å². The number of hydrogen-bond acceptors (Lipinski definition) is 6. The summed E-state index contributed by atoms with van der Waals surface area (Å²) in [4.78, 5) is 21.2. The second-order valence-corrected chi connectivity index (χ2v) is 7.49. The Kier molecular flexibility index (Phi) is 4.96. The average Bonchev–Trinajstić information content (AvgIpc) is 3.11. The van der Waals surface area contributed by atoms with E-state index in [0.29, 0.717) is 22.2 Å². The molecule has 27 heavy (non-hydrogen) atoms. The summed E-state index contributed by atoms with van der Waals surface area (Å²) in [5.41, 5.74) is 2.54. The van der Waals surface area contributed by atoms with Crippen molar-refractivity contribution in [1.29, 1.82) is 0 Å². The highest BCUT2D eigenvalue weighted by Crippen LogP contribution is 2.26. The Morgan fingerprint density at radius 3 is 2.78 bits per heavy atom. The smallest absolute Gasteiger partial charge is 0.319 e. The molecule has 0 N–H and O–H groups in total. The van der Waals surface area contributed by atoms with Crippen LogP contribution in [0.5, 0.6) is 0 Å². The van der Waals surface area contributed by atoms with Gasteiger partial charge in [-0.05, 0) is 36.2 Å². The first kappa shape index (κ1) is 17.8. The zero-order chi connectivity index (χ0) is 18.8. The lowest BCUT2D eigenvalue weighted by molar-refractivity contribution is -0.139. The molecule has 4 rings (SSSR count). The highest BCUT2D eigenvalue weighted by atomic mass is 35.5. The van der Waals surface area contributed by atoms with Crippen molar-refractivity contribution >= 4 is 45.9 Å². The van der Waals surface area contributed by atoms with Crippen LogP contribution >= 0.6 is 23.4 Å². The van der Waals surface area contributed by atoms with Gasteiger partial charge >= 0.3 is 5.97 Å². The van der Waals surface area contributed by atoms with Crippen LogP contribution in [0.15, 0.2) is 60.0 Å². The number of methoxy groups -OCH3 is 1. The van der Waals surface area contributed by atoms with E-state index in [1.807, 2.05) is 36.4 Å². The number of aromatic nitrogens is 4. The molecule has 0 aliphatic carbocycles. The number of rotatable bonds is 5. The lowest BCUT2D eigenvalue weighted by atomic mass is 10.1. The lowest BCUT2D eigenvalue weighted by Gasteiger charge is -2.12. The summed E-state index contributed by atoms with van der Waals surface area (Å²) < 4.78 is 6.59. The van der Waals surface area contributed by atoms with Gasteiger partial charge in [0.15, 0.2) is 5.65 Å². The van der Waals surface area contributed by atoms with Gasteiger partial charge in [0, 0.05) is 10.4 Å². The molecule has 8 heteroatoms. The predicted octanol–water partition coefficient (Wildman–Crippen LogP) is 3.81. The third-order valence-electron chi connectivity index (χ3n) is 4.11. The van der Waals surface area contributed by atoms with Crippen LogP contribution in [-0.2, 0) is 16.0 Å². The number of carbonyl (C=O) groups is 1. The van der Waals surface area contributed by atoms with E-state index >= 15 is 0 Å². The Balaban J connectivity index is 1.65. The van der Waals surface area contributed by atoms with Gasteiger partial charge in [-0.15, -0.1) is 5.10 Å². The zero-order valence-electron chi connectivity index (χ0n) is 14.4. The standard InChI is InChI=1S/C19H15ClN4O2S/c1-26-18(25)16(10-12-6-8-13(20)9-7-12)27-19-22-17-14-4-2-3-5-15(14)21-11-24(17)23-19/h2-9,11,16H,10H2,1H3/t16-/m0/s1. The van der Waals surface area contributed by atoms with E-state index in [0.717, 1.165) is 16.5 Å². The number of hydrogen-bond donors (Lipinski definition) is 0. The lowest BCUT2D eigenvalue weighted by Crippen LogP contribution is -2.21. The fourth-order valence-electron chi connectivity index (χ4n) is 2.78. The minimum atomic E-state index is -0.465. The number of nitrogens with zero attached hydrogens (tertiary/aromatic N) is 4. The third-order valence-corrected chi connectivity index (χ3v) is 5.39. The van der Waals surface area contributed by atoms with Crippen molar-refractivity contribution in [2.24, 2.45) is 0 Å². The number of halogens is 1. The number of ether oxygens (including phenoxy) is 1. The van der Waals surface area contributed by atoms with Crippen molar-refractivity contribution in [2.75, 3.05) is 7.11 Å². The maximum Gasteiger partial charge on any atom is 0.319 e. The van der Waals surface area contributed by atoms with Gasteiger partial charge in [0.1, 0.15) is 11.6 Å². The summed E-state index contributed by atoms with van der Waals surface area (Å²) in [6.45, 7) is 0. The van der Waals surface area contributed by atoms with Crippen LogP contribution in [0.2, 0.25) is 5.02 Å². The molecule has 2 aromatic carbocycles. The van der Waals surface area contributed by atoms with Gasteiger partial charge in [0.05, 0.1) is 12.6 Å². The first-order valence-corrected chi connectivity index (χ1v) is 9.49. The van der Waals surface area contributed by atoms with Gasteiger partial charge in [0.2, 0.25) is 5.16 Å². The third kappa shape index (κ3) is 3.74. The van der Waals surface area contributed by atoms with E-state index in [2.05, 4.69) is 15.1 Å². The number of para-hydroxylation sites is 1. The average molecular weight is 399 g/mol. The first-order chi connectivity index (χ1) is 13.1. The minimum Gasteiger partial charge on any atom is -0.468 e. The molecule has 0 aliphatic rings. The molecule has 0 unspecified atom stereocenters. The molecule has 2 heterocycles. The van der Waals surface area contributed by atoms with Gasteiger partial charge in [0.25, 0.3) is 0 Å². The van der Waals surface area contributed by atoms with Crippen molar-refractivity contribution < 1.29 is 9.53 Å². The number of fused-ring (bicyclic) bond motifs is 3. The second-order valence-electron chi connectivity index (χ2n) is 5.88. The normalized spacial score (nSPS) is 12.4. The summed E-state index contributed by atoms with van der Waals surface area (Å²) in [5, 5.41) is 6.05. The van der Waals surface area contributed by atoms with Gasteiger partial charge in [-0.2, -0.15) is 0 Å². The van der Waals surface area contributed by atoms with E-state index < -0.39 is 5.25 Å². The maximum atomic E-state index is 12.3. The highest BCUT2D eigenvalue weighted by molar-refractivity contribution is 8.00. The Labute approximate surface area is 164 Å². The van der Waals surface area contributed by atoms with Crippen molar-refractivity contribution in [2.45, 2.75) is 16.8 Å². The SMILES string of the molecule is COC(=O)[C@H](Cc1ccc(Cl)cc1)Sc1nc2c3ccccc3ncn2n1. The van der Waals surface area contributed by atoms with E-state index in [1.54, 1.807) is 23.0 Å². The number of esters is 1. The van der Waals surface area contributed by atoms with Gasteiger partial charge in [-0.25, -0.2) is 14.5 Å². The van der Waals surface area contributed by atoms with Crippen molar-refractivity contribution in [3.05, 3.63) is 65.4 Å². The molecule has 136 valence electrons. The molecule has 0 fully saturated rings. The van der Waals surface area contributed by atoms with E-state index in [4.69, 9.17) is 16.3 Å². The largest absolute Gasteiger partial charge is 0.468 e. The summed E-state index contributed by atoms with van der Waals surface area (Å²) in [5.74, 6) is -0.322.